The van der Waals surface area contributed by atoms with E-state index in [4.69, 9.17) is 15.2 Å². The van der Waals surface area contributed by atoms with E-state index in [0.717, 1.165) is 31.3 Å². The van der Waals surface area contributed by atoms with Crippen molar-refractivity contribution >= 4 is 17.6 Å². The molecule has 2 N–H and O–H groups in total. The van der Waals surface area contributed by atoms with Crippen molar-refractivity contribution in [1.82, 2.24) is 0 Å². The zero-order valence-corrected chi connectivity index (χ0v) is 17.9. The van der Waals surface area contributed by atoms with E-state index in [2.05, 4.69) is 4.74 Å². The first kappa shape index (κ1) is 24.2. The van der Waals surface area contributed by atoms with Crippen molar-refractivity contribution in [2.75, 3.05) is 19.1 Å². The zero-order valence-electron chi connectivity index (χ0n) is 17.9. The van der Waals surface area contributed by atoms with Gasteiger partial charge in [0.1, 0.15) is 17.3 Å². The minimum atomic E-state index is -4.91. The molecule has 0 aliphatic carbocycles. The summed E-state index contributed by atoms with van der Waals surface area (Å²) in [4.78, 5) is 26.9. The average Bonchev–Trinajstić information content (AvgIpc) is 2.82. The number of esters is 2. The maximum atomic E-state index is 12.9. The van der Waals surface area contributed by atoms with Crippen molar-refractivity contribution in [3.8, 4) is 11.8 Å². The van der Waals surface area contributed by atoms with E-state index >= 15 is 0 Å². The summed E-state index contributed by atoms with van der Waals surface area (Å²) in [6.45, 7) is 0. The van der Waals surface area contributed by atoms with E-state index in [1.165, 1.54) is 12.1 Å². The number of methoxy groups -OCH3 is 2. The van der Waals surface area contributed by atoms with Gasteiger partial charge >= 0.3 is 18.3 Å². The molecule has 3 rings (SSSR count). The molecule has 0 aromatic heterocycles. The number of alkyl halides is 3. The van der Waals surface area contributed by atoms with Gasteiger partial charge in [-0.05, 0) is 29.8 Å². The Morgan fingerprint density at radius 2 is 1.59 bits per heavy atom. The van der Waals surface area contributed by atoms with Crippen LogP contribution in [0.1, 0.15) is 11.5 Å². The Morgan fingerprint density at radius 1 is 1.00 bits per heavy atom. The fourth-order valence-corrected chi connectivity index (χ4v) is 3.58. The van der Waals surface area contributed by atoms with Crippen molar-refractivity contribution in [3.05, 3.63) is 82.8 Å². The third-order valence-corrected chi connectivity index (χ3v) is 4.94. The molecule has 11 heteroatoms. The summed E-state index contributed by atoms with van der Waals surface area (Å²) in [5, 5.41) is 9.93. The van der Waals surface area contributed by atoms with Crippen LogP contribution in [0.3, 0.4) is 0 Å². The smallest absolute Gasteiger partial charge is 0.466 e. The Labute approximate surface area is 192 Å². The molecule has 2 aromatic carbocycles. The number of carbonyl (C=O) groups excluding carboxylic acids is 2. The van der Waals surface area contributed by atoms with Gasteiger partial charge in [-0.25, -0.2) is 9.59 Å². The van der Waals surface area contributed by atoms with E-state index in [9.17, 15) is 28.0 Å². The first-order chi connectivity index (χ1) is 16.1. The Balaban J connectivity index is 2.28. The first-order valence-corrected chi connectivity index (χ1v) is 9.64. The molecule has 0 bridgehead atoms. The number of anilines is 1. The van der Waals surface area contributed by atoms with Gasteiger partial charge in [-0.3, -0.25) is 4.90 Å². The summed E-state index contributed by atoms with van der Waals surface area (Å²) in [6, 6.07) is 14.7. The number of hydrogen-bond donors (Lipinski definition) is 1. The lowest BCUT2D eigenvalue weighted by molar-refractivity contribution is -0.274. The molecule has 1 aliphatic heterocycles. The minimum Gasteiger partial charge on any atom is -0.466 e. The monoisotopic (exact) mass is 473 g/mol. The second kappa shape index (κ2) is 9.58. The average molecular weight is 473 g/mol. The molecular weight excluding hydrogens is 455 g/mol. The highest BCUT2D eigenvalue weighted by atomic mass is 19.4. The molecule has 8 nitrogen and oxygen atoms in total. The first-order valence-electron chi connectivity index (χ1n) is 9.64. The largest absolute Gasteiger partial charge is 0.573 e. The van der Waals surface area contributed by atoms with Gasteiger partial charge in [0.2, 0.25) is 0 Å². The second-order valence-electron chi connectivity index (χ2n) is 6.88. The number of rotatable bonds is 5. The van der Waals surface area contributed by atoms with Gasteiger partial charge in [-0.1, -0.05) is 30.3 Å². The van der Waals surface area contributed by atoms with Crippen LogP contribution in [0.5, 0.6) is 5.75 Å². The molecule has 0 radical (unpaired) electrons. The predicted molar refractivity (Wildman–Crippen MR) is 113 cm³/mol. The molecule has 0 saturated carbocycles. The van der Waals surface area contributed by atoms with Crippen LogP contribution >= 0.6 is 0 Å². The van der Waals surface area contributed by atoms with Crippen molar-refractivity contribution < 1.29 is 37.0 Å². The maximum Gasteiger partial charge on any atom is 0.573 e. The van der Waals surface area contributed by atoms with Crippen molar-refractivity contribution in [3.63, 3.8) is 0 Å². The summed E-state index contributed by atoms with van der Waals surface area (Å²) in [7, 11) is 2.19. The van der Waals surface area contributed by atoms with Gasteiger partial charge in [0, 0.05) is 5.69 Å². The van der Waals surface area contributed by atoms with E-state index in [-0.39, 0.29) is 28.4 Å². The van der Waals surface area contributed by atoms with Crippen LogP contribution in [-0.4, -0.2) is 32.5 Å². The number of nitrogens with two attached hydrogens (primary N) is 1. The topological polar surface area (TPSA) is 115 Å². The van der Waals surface area contributed by atoms with E-state index in [1.807, 2.05) is 6.07 Å². The molecule has 0 fully saturated rings. The summed E-state index contributed by atoms with van der Waals surface area (Å²) < 4.78 is 51.3. The third kappa shape index (κ3) is 4.66. The maximum absolute atomic E-state index is 12.9. The molecule has 1 heterocycles. The van der Waals surface area contributed by atoms with Crippen molar-refractivity contribution in [1.29, 1.82) is 5.26 Å². The lowest BCUT2D eigenvalue weighted by Crippen LogP contribution is -2.40. The van der Waals surface area contributed by atoms with E-state index < -0.39 is 30.0 Å². The van der Waals surface area contributed by atoms with Gasteiger partial charge in [0.25, 0.3) is 0 Å². The zero-order chi connectivity index (χ0) is 25.0. The molecule has 1 atom stereocenters. The highest BCUT2D eigenvalue weighted by Crippen LogP contribution is 2.43. The van der Waals surface area contributed by atoms with Crippen LogP contribution in [0.4, 0.5) is 18.9 Å². The third-order valence-electron chi connectivity index (χ3n) is 4.94. The van der Waals surface area contributed by atoms with E-state index in [0.29, 0.717) is 5.56 Å². The Bertz CT molecular complexity index is 1200. The number of carbonyl (C=O) groups is 2. The Kier molecular flexibility index (Phi) is 6.81. The van der Waals surface area contributed by atoms with Crippen LogP contribution in [0.15, 0.2) is 77.3 Å². The number of halogens is 3. The Hall–Kier alpha value is -4.46. The molecule has 2 aromatic rings. The number of nitriles is 1. The molecule has 34 heavy (non-hydrogen) atoms. The van der Waals surface area contributed by atoms with Gasteiger partial charge in [-0.15, -0.1) is 13.2 Å². The van der Waals surface area contributed by atoms with Crippen LogP contribution in [-0.2, 0) is 19.1 Å². The molecule has 1 aliphatic rings. The lowest BCUT2D eigenvalue weighted by atomic mass is 9.81. The van der Waals surface area contributed by atoms with Crippen LogP contribution in [0, 0.1) is 11.3 Å². The highest BCUT2D eigenvalue weighted by Gasteiger charge is 2.43. The molecule has 0 saturated heterocycles. The van der Waals surface area contributed by atoms with Crippen molar-refractivity contribution in [2.24, 2.45) is 5.73 Å². The Morgan fingerprint density at radius 3 is 2.09 bits per heavy atom. The fourth-order valence-electron chi connectivity index (χ4n) is 3.58. The number of hydrogen-bond acceptors (Lipinski definition) is 8. The molecule has 0 spiro atoms. The van der Waals surface area contributed by atoms with Crippen LogP contribution in [0.25, 0.3) is 0 Å². The summed E-state index contributed by atoms with van der Waals surface area (Å²) in [5.74, 6) is -3.69. The van der Waals surface area contributed by atoms with Crippen LogP contribution < -0.4 is 15.4 Å². The molecule has 176 valence electrons. The van der Waals surface area contributed by atoms with E-state index in [1.54, 1.807) is 30.3 Å². The summed E-state index contributed by atoms with van der Waals surface area (Å²) in [6.07, 6.45) is -4.91. The van der Waals surface area contributed by atoms with Gasteiger partial charge < -0.3 is 19.9 Å². The number of benzene rings is 2. The van der Waals surface area contributed by atoms with Crippen molar-refractivity contribution in [2.45, 2.75) is 12.3 Å². The van der Waals surface area contributed by atoms with Gasteiger partial charge in [-0.2, -0.15) is 5.26 Å². The highest BCUT2D eigenvalue weighted by molar-refractivity contribution is 6.06. The number of allylic oxidation sites excluding steroid dienone is 1. The summed E-state index contributed by atoms with van der Waals surface area (Å²) in [5.41, 5.74) is 6.22. The quantitative estimate of drug-likeness (QED) is 0.657. The van der Waals surface area contributed by atoms with Gasteiger partial charge in [0.15, 0.2) is 0 Å². The van der Waals surface area contributed by atoms with Crippen LogP contribution in [0.2, 0.25) is 0 Å². The molecule has 1 unspecified atom stereocenters. The lowest BCUT2D eigenvalue weighted by Gasteiger charge is -2.35. The SMILES string of the molecule is COC(=O)C1=C(C(=O)OC)N(c2ccc(OC(F)(F)F)cc2)C(N)=C(C#N)C1c1ccccc1. The molecule has 0 amide bonds. The summed E-state index contributed by atoms with van der Waals surface area (Å²) >= 11 is 0. The minimum absolute atomic E-state index is 0.0742. The standard InChI is InChI=1S/C23H18F3N3O5/c1-32-21(30)18-17(13-6-4-3-5-7-13)16(12-27)20(28)29(19(18)22(31)33-2)14-8-10-15(11-9-14)34-23(24,25)26/h3-11,17H,28H2,1-2H3. The number of nitrogens with zero attached hydrogens (tertiary/aromatic N) is 2. The number of ether oxygens (including phenoxy) is 3. The predicted octanol–water partition coefficient (Wildman–Crippen LogP) is 3.48. The second-order valence-corrected chi connectivity index (χ2v) is 6.88. The normalized spacial score (nSPS) is 16.1. The van der Waals surface area contributed by atoms with Gasteiger partial charge in [0.05, 0.1) is 37.4 Å². The fraction of sp³-hybridized carbons (Fsp3) is 0.174. The molecular formula is C23H18F3N3O5.